The summed E-state index contributed by atoms with van der Waals surface area (Å²) in [5.41, 5.74) is 4.95. The van der Waals surface area contributed by atoms with E-state index in [0.717, 1.165) is 29.0 Å². The summed E-state index contributed by atoms with van der Waals surface area (Å²) in [5, 5.41) is 3.04. The van der Waals surface area contributed by atoms with E-state index < -0.39 is 0 Å². The molecule has 27 heavy (non-hydrogen) atoms. The molecule has 4 nitrogen and oxygen atoms in total. The molecule has 2 aromatic carbocycles. The van der Waals surface area contributed by atoms with Crippen LogP contribution >= 0.6 is 0 Å². The molecule has 1 N–H and O–H groups in total. The fraction of sp³-hybridized carbons (Fsp3) is 0.130. The van der Waals surface area contributed by atoms with Crippen molar-refractivity contribution in [2.24, 2.45) is 5.92 Å². The van der Waals surface area contributed by atoms with Gasteiger partial charge in [-0.2, -0.15) is 0 Å². The molecule has 1 fully saturated rings. The average Bonchev–Trinajstić information content (AvgIpc) is 3.41. The van der Waals surface area contributed by atoms with Gasteiger partial charge in [-0.05, 0) is 42.2 Å². The molecule has 1 aliphatic rings. The van der Waals surface area contributed by atoms with Gasteiger partial charge >= 0.3 is 0 Å². The Labute approximate surface area is 157 Å². The highest BCUT2D eigenvalue weighted by molar-refractivity contribution is 5.95. The van der Waals surface area contributed by atoms with Gasteiger partial charge in [-0.3, -0.25) is 4.79 Å². The molecular formula is C23H19N3O. The van der Waals surface area contributed by atoms with E-state index in [1.807, 2.05) is 77.5 Å². The number of rotatable bonds is 4. The van der Waals surface area contributed by atoms with Crippen LogP contribution in [0.5, 0.6) is 0 Å². The standard InChI is InChI=1S/C23H19N3O/c27-23(20-14-19(20)16-6-2-1-3-7-16)24-18-11-9-17(10-12-18)21-15-26-13-5-4-8-22(26)25-21/h1-13,15,19-20H,14H2,(H,24,27)/t19-,20+/m0/s1. The lowest BCUT2D eigenvalue weighted by atomic mass is 10.1. The number of hydrogen-bond donors (Lipinski definition) is 1. The molecule has 0 spiro atoms. The van der Waals surface area contributed by atoms with E-state index in [2.05, 4.69) is 22.4 Å². The molecule has 1 amide bonds. The number of aromatic nitrogens is 2. The van der Waals surface area contributed by atoms with Gasteiger partial charge in [0.15, 0.2) is 0 Å². The van der Waals surface area contributed by atoms with Crippen molar-refractivity contribution in [3.8, 4) is 11.3 Å². The smallest absolute Gasteiger partial charge is 0.228 e. The molecule has 1 aliphatic carbocycles. The highest BCUT2D eigenvalue weighted by atomic mass is 16.2. The van der Waals surface area contributed by atoms with Crippen LogP contribution in [0.4, 0.5) is 5.69 Å². The Morgan fingerprint density at radius 2 is 1.74 bits per heavy atom. The monoisotopic (exact) mass is 353 g/mol. The summed E-state index contributed by atoms with van der Waals surface area (Å²) in [6, 6.07) is 24.1. The maximum Gasteiger partial charge on any atom is 0.228 e. The van der Waals surface area contributed by atoms with Gasteiger partial charge in [-0.15, -0.1) is 0 Å². The van der Waals surface area contributed by atoms with Gasteiger partial charge < -0.3 is 9.72 Å². The summed E-state index contributed by atoms with van der Waals surface area (Å²) in [5.74, 6) is 0.526. The van der Waals surface area contributed by atoms with Gasteiger partial charge in [0.1, 0.15) is 5.65 Å². The van der Waals surface area contributed by atoms with Gasteiger partial charge in [-0.25, -0.2) is 4.98 Å². The van der Waals surface area contributed by atoms with Crippen LogP contribution in [0.15, 0.2) is 85.2 Å². The molecule has 4 aromatic rings. The molecule has 4 heteroatoms. The molecular weight excluding hydrogens is 334 g/mol. The van der Waals surface area contributed by atoms with Crippen molar-refractivity contribution in [2.45, 2.75) is 12.3 Å². The minimum Gasteiger partial charge on any atom is -0.326 e. The number of nitrogens with zero attached hydrogens (tertiary/aromatic N) is 2. The van der Waals surface area contributed by atoms with E-state index >= 15 is 0 Å². The summed E-state index contributed by atoms with van der Waals surface area (Å²) in [7, 11) is 0. The number of fused-ring (bicyclic) bond motifs is 1. The quantitative estimate of drug-likeness (QED) is 0.576. The molecule has 132 valence electrons. The molecule has 5 rings (SSSR count). The Hall–Kier alpha value is -3.40. The van der Waals surface area contributed by atoms with E-state index in [4.69, 9.17) is 0 Å². The van der Waals surface area contributed by atoms with Gasteiger partial charge in [-0.1, -0.05) is 48.5 Å². The molecule has 1 saturated carbocycles. The molecule has 0 radical (unpaired) electrons. The Balaban J connectivity index is 1.27. The first-order valence-corrected chi connectivity index (χ1v) is 9.18. The second kappa shape index (κ2) is 6.40. The number of nitrogens with one attached hydrogen (secondary N) is 1. The number of imidazole rings is 1. The molecule has 0 bridgehead atoms. The van der Waals surface area contributed by atoms with E-state index in [1.54, 1.807) is 0 Å². The lowest BCUT2D eigenvalue weighted by molar-refractivity contribution is -0.117. The summed E-state index contributed by atoms with van der Waals surface area (Å²) < 4.78 is 2.00. The molecule has 0 unspecified atom stereocenters. The zero-order valence-electron chi connectivity index (χ0n) is 14.7. The van der Waals surface area contributed by atoms with E-state index in [9.17, 15) is 4.79 Å². The zero-order chi connectivity index (χ0) is 18.2. The average molecular weight is 353 g/mol. The van der Waals surface area contributed by atoms with E-state index in [-0.39, 0.29) is 11.8 Å². The lowest BCUT2D eigenvalue weighted by Gasteiger charge is -2.06. The Kier molecular flexibility index (Phi) is 3.75. The second-order valence-electron chi connectivity index (χ2n) is 7.02. The third-order valence-corrected chi connectivity index (χ3v) is 5.17. The first kappa shape index (κ1) is 15.8. The molecule has 0 saturated heterocycles. The second-order valence-corrected chi connectivity index (χ2v) is 7.02. The molecule has 2 aromatic heterocycles. The predicted octanol–water partition coefficient (Wildman–Crippen LogP) is 4.74. The van der Waals surface area contributed by atoms with Crippen LogP contribution in [0.2, 0.25) is 0 Å². The van der Waals surface area contributed by atoms with Crippen molar-refractivity contribution in [3.05, 3.63) is 90.8 Å². The number of hydrogen-bond acceptors (Lipinski definition) is 2. The number of amides is 1. The summed E-state index contributed by atoms with van der Waals surface area (Å²) >= 11 is 0. The Bertz CT molecular complexity index is 1070. The van der Waals surface area contributed by atoms with Crippen LogP contribution in [0.3, 0.4) is 0 Å². The minimum absolute atomic E-state index is 0.0746. The van der Waals surface area contributed by atoms with Gasteiger partial charge in [0.2, 0.25) is 5.91 Å². The highest BCUT2D eigenvalue weighted by Gasteiger charge is 2.43. The molecule has 0 aliphatic heterocycles. The highest BCUT2D eigenvalue weighted by Crippen LogP contribution is 2.47. The maximum atomic E-state index is 12.5. The maximum absolute atomic E-state index is 12.5. The summed E-state index contributed by atoms with van der Waals surface area (Å²) in [6.07, 6.45) is 4.92. The van der Waals surface area contributed by atoms with Crippen molar-refractivity contribution in [2.75, 3.05) is 5.32 Å². The van der Waals surface area contributed by atoms with Crippen LogP contribution in [0.25, 0.3) is 16.9 Å². The number of anilines is 1. The fourth-order valence-corrected chi connectivity index (χ4v) is 3.59. The first-order chi connectivity index (χ1) is 13.3. The van der Waals surface area contributed by atoms with Crippen LogP contribution in [-0.2, 0) is 4.79 Å². The van der Waals surface area contributed by atoms with Crippen molar-refractivity contribution >= 4 is 17.2 Å². The SMILES string of the molecule is O=C(Nc1ccc(-c2cn3ccccc3n2)cc1)[C@@H]1C[C@H]1c1ccccc1. The van der Waals surface area contributed by atoms with Crippen LogP contribution in [0.1, 0.15) is 17.9 Å². The van der Waals surface area contributed by atoms with Gasteiger partial charge in [0.05, 0.1) is 5.69 Å². The summed E-state index contributed by atoms with van der Waals surface area (Å²) in [4.78, 5) is 17.1. The number of benzene rings is 2. The number of carbonyl (C=O) groups is 1. The third-order valence-electron chi connectivity index (χ3n) is 5.17. The summed E-state index contributed by atoms with van der Waals surface area (Å²) in [6.45, 7) is 0. The van der Waals surface area contributed by atoms with Crippen LogP contribution in [0, 0.1) is 5.92 Å². The Morgan fingerprint density at radius 1 is 0.963 bits per heavy atom. The fourth-order valence-electron chi connectivity index (χ4n) is 3.59. The van der Waals surface area contributed by atoms with Gasteiger partial charge in [0, 0.05) is 29.6 Å². The van der Waals surface area contributed by atoms with Crippen molar-refractivity contribution in [3.63, 3.8) is 0 Å². The van der Waals surface area contributed by atoms with Crippen LogP contribution in [-0.4, -0.2) is 15.3 Å². The molecule has 2 heterocycles. The van der Waals surface area contributed by atoms with Crippen molar-refractivity contribution < 1.29 is 4.79 Å². The molecule has 2 atom stereocenters. The number of pyridine rings is 1. The van der Waals surface area contributed by atoms with E-state index in [0.29, 0.717) is 5.92 Å². The predicted molar refractivity (Wildman–Crippen MR) is 107 cm³/mol. The lowest BCUT2D eigenvalue weighted by Crippen LogP contribution is -2.14. The van der Waals surface area contributed by atoms with Crippen molar-refractivity contribution in [1.29, 1.82) is 0 Å². The van der Waals surface area contributed by atoms with E-state index in [1.165, 1.54) is 5.56 Å². The first-order valence-electron chi connectivity index (χ1n) is 9.18. The topological polar surface area (TPSA) is 46.4 Å². The normalized spacial score (nSPS) is 18.4. The van der Waals surface area contributed by atoms with Crippen molar-refractivity contribution in [1.82, 2.24) is 9.38 Å². The zero-order valence-corrected chi connectivity index (χ0v) is 14.7. The number of carbonyl (C=O) groups excluding carboxylic acids is 1. The van der Waals surface area contributed by atoms with Gasteiger partial charge in [0.25, 0.3) is 0 Å². The Morgan fingerprint density at radius 3 is 2.52 bits per heavy atom. The minimum atomic E-state index is 0.0746. The van der Waals surface area contributed by atoms with Crippen LogP contribution < -0.4 is 5.32 Å². The largest absolute Gasteiger partial charge is 0.326 e. The third kappa shape index (κ3) is 3.10.